The minimum Gasteiger partial charge on any atom is -0.456 e. The maximum absolute atomic E-state index is 9.33. The van der Waals surface area contributed by atoms with Crippen molar-refractivity contribution in [1.29, 1.82) is 0 Å². The molecule has 9 rings (SSSR count). The summed E-state index contributed by atoms with van der Waals surface area (Å²) in [5.74, 6) is 0. The zero-order valence-electron chi connectivity index (χ0n) is 30.8. The first-order valence-corrected chi connectivity index (χ1v) is 14.1. The number of hydrogen-bond donors (Lipinski definition) is 0. The van der Waals surface area contributed by atoms with Crippen molar-refractivity contribution in [3.8, 4) is 33.4 Å². The summed E-state index contributed by atoms with van der Waals surface area (Å²) in [5, 5.41) is 3.98. The van der Waals surface area contributed by atoms with Gasteiger partial charge in [-0.1, -0.05) is 133 Å². The predicted octanol–water partition coefficient (Wildman–Crippen LogP) is 12.0. The van der Waals surface area contributed by atoms with Gasteiger partial charge in [-0.25, -0.2) is 0 Å². The largest absolute Gasteiger partial charge is 0.456 e. The van der Waals surface area contributed by atoms with E-state index in [1.54, 1.807) is 6.07 Å². The molecule has 1 heterocycles. The van der Waals surface area contributed by atoms with Crippen LogP contribution in [0.25, 0.3) is 87.6 Å². The van der Waals surface area contributed by atoms with Crippen molar-refractivity contribution in [2.45, 2.75) is 0 Å². The molecule has 8 aromatic carbocycles. The van der Waals surface area contributed by atoms with E-state index < -0.39 is 24.2 Å². The Kier molecular flexibility index (Phi) is 3.80. The van der Waals surface area contributed by atoms with Gasteiger partial charge in [0.15, 0.2) is 0 Å². The normalized spacial score (nSPS) is 14.3. The molecule has 0 spiro atoms. The molecular formula is C42H26O. The highest BCUT2D eigenvalue weighted by Gasteiger charge is 2.20. The van der Waals surface area contributed by atoms with Crippen LogP contribution in [0, 0.1) is 0 Å². The molecule has 9 aromatic rings. The van der Waals surface area contributed by atoms with Crippen LogP contribution in [0.5, 0.6) is 0 Å². The van der Waals surface area contributed by atoms with E-state index in [0.717, 1.165) is 27.3 Å². The summed E-state index contributed by atoms with van der Waals surface area (Å²) in [7, 11) is 0. The third kappa shape index (κ3) is 3.72. The second kappa shape index (κ2) is 9.44. The average Bonchev–Trinajstić information content (AvgIpc) is 3.55. The Labute approximate surface area is 260 Å². The van der Waals surface area contributed by atoms with Crippen LogP contribution in [0.3, 0.4) is 0 Å². The summed E-state index contributed by atoms with van der Waals surface area (Å²) in [6.45, 7) is 0. The van der Waals surface area contributed by atoms with Gasteiger partial charge in [0, 0.05) is 10.8 Å². The van der Waals surface area contributed by atoms with E-state index in [4.69, 9.17) is 9.90 Å². The molecule has 0 saturated heterocycles. The monoisotopic (exact) mass is 554 g/mol. The summed E-state index contributed by atoms with van der Waals surface area (Å²) in [6, 6.07) is 31.9. The molecule has 0 atom stereocenters. The predicted molar refractivity (Wildman–Crippen MR) is 183 cm³/mol. The number of rotatable bonds is 3. The highest BCUT2D eigenvalue weighted by atomic mass is 16.3. The molecule has 200 valence electrons. The highest BCUT2D eigenvalue weighted by molar-refractivity contribution is 6.25. The van der Waals surface area contributed by atoms with Crippen LogP contribution >= 0.6 is 0 Å². The van der Waals surface area contributed by atoms with E-state index in [1.165, 1.54) is 0 Å². The Balaban J connectivity index is 1.49. The summed E-state index contributed by atoms with van der Waals surface area (Å²) in [5.41, 5.74) is 5.02. The first kappa shape index (κ1) is 17.3. The Hall–Kier alpha value is -5.66. The number of furan rings is 1. The molecule has 0 amide bonds. The van der Waals surface area contributed by atoms with Gasteiger partial charge in [0.2, 0.25) is 0 Å². The van der Waals surface area contributed by atoms with Gasteiger partial charge in [-0.2, -0.15) is 0 Å². The number of fused-ring (bicyclic) bond motifs is 6. The van der Waals surface area contributed by atoms with Crippen molar-refractivity contribution in [2.24, 2.45) is 0 Å². The molecule has 0 radical (unpaired) electrons. The lowest BCUT2D eigenvalue weighted by molar-refractivity contribution is 0.669. The van der Waals surface area contributed by atoms with Crippen LogP contribution in [-0.4, -0.2) is 0 Å². The quantitative estimate of drug-likeness (QED) is 0.198. The summed E-state index contributed by atoms with van der Waals surface area (Å²) >= 11 is 0. The van der Waals surface area contributed by atoms with Gasteiger partial charge >= 0.3 is 0 Å². The Morgan fingerprint density at radius 3 is 1.72 bits per heavy atom. The van der Waals surface area contributed by atoms with Crippen LogP contribution in [0.1, 0.15) is 11.0 Å². The molecule has 0 fully saturated rings. The first-order chi connectivity index (χ1) is 24.7. The molecule has 43 heavy (non-hydrogen) atoms. The number of para-hydroxylation sites is 1. The Morgan fingerprint density at radius 2 is 1.00 bits per heavy atom. The molecule has 0 bridgehead atoms. The number of hydrogen-bond acceptors (Lipinski definition) is 1. The van der Waals surface area contributed by atoms with Crippen LogP contribution in [0.2, 0.25) is 0 Å². The van der Waals surface area contributed by atoms with Crippen molar-refractivity contribution in [2.75, 3.05) is 0 Å². The zero-order valence-corrected chi connectivity index (χ0v) is 22.8. The molecule has 0 aliphatic rings. The summed E-state index contributed by atoms with van der Waals surface area (Å²) < 4.78 is 78.6. The molecule has 1 nitrogen and oxygen atoms in total. The van der Waals surface area contributed by atoms with E-state index in [-0.39, 0.29) is 45.7 Å². The van der Waals surface area contributed by atoms with Crippen LogP contribution in [0.4, 0.5) is 0 Å². The molecule has 1 aromatic heterocycles. The first-order valence-electron chi connectivity index (χ1n) is 18.1. The maximum atomic E-state index is 9.33. The maximum Gasteiger partial charge on any atom is 0.136 e. The third-order valence-electron chi connectivity index (χ3n) is 8.28. The fourth-order valence-corrected chi connectivity index (χ4v) is 6.38. The second-order valence-electron chi connectivity index (χ2n) is 10.7. The molecule has 0 N–H and O–H groups in total. The van der Waals surface area contributed by atoms with Crippen LogP contribution in [-0.2, 0) is 0 Å². The van der Waals surface area contributed by atoms with Crippen molar-refractivity contribution >= 4 is 54.3 Å². The number of benzene rings is 8. The topological polar surface area (TPSA) is 13.1 Å². The van der Waals surface area contributed by atoms with Gasteiger partial charge in [-0.3, -0.25) is 0 Å². The summed E-state index contributed by atoms with van der Waals surface area (Å²) in [6.07, 6.45) is 0. The molecule has 1 heteroatoms. The van der Waals surface area contributed by atoms with Crippen molar-refractivity contribution in [1.82, 2.24) is 0 Å². The smallest absolute Gasteiger partial charge is 0.136 e. The minimum absolute atomic E-state index is 0.172. The van der Waals surface area contributed by atoms with Gasteiger partial charge in [-0.15, -0.1) is 0 Å². The highest BCUT2D eigenvalue weighted by Crippen LogP contribution is 2.47. The SMILES string of the molecule is [2H]c1c([2H])c([2H])c2c(-c3cccc4oc5ccccc5c34)c3c([2H])c([2H])c([2H])c([2H])c3c(-c3ccc4cc(-c5ccccc5)ccc4c3)c2c1[2H]. The fraction of sp³-hybridized carbons (Fsp3) is 0. The third-order valence-corrected chi connectivity index (χ3v) is 8.28. The zero-order chi connectivity index (χ0) is 35.3. The van der Waals surface area contributed by atoms with E-state index in [1.807, 2.05) is 97.1 Å². The van der Waals surface area contributed by atoms with Gasteiger partial charge in [0.1, 0.15) is 11.2 Å². The van der Waals surface area contributed by atoms with E-state index in [2.05, 4.69) is 6.07 Å². The average molecular weight is 555 g/mol. The van der Waals surface area contributed by atoms with Gasteiger partial charge < -0.3 is 4.42 Å². The van der Waals surface area contributed by atoms with Gasteiger partial charge in [-0.05, 0) is 90.0 Å². The summed E-state index contributed by atoms with van der Waals surface area (Å²) in [4.78, 5) is 0. The molecule has 0 unspecified atom stereocenters. The molecule has 0 aliphatic carbocycles. The van der Waals surface area contributed by atoms with Crippen LogP contribution in [0.15, 0.2) is 162 Å². The standard InChI is InChI=1S/C42H26O/c1-2-11-27(12-3-1)28-21-22-30-26-31(24-23-29(30)25-28)40-32-13-4-6-15-34(32)41(35-16-7-5-14-33(35)40)37-18-10-20-39-42(37)36-17-8-9-19-38(36)43-39/h1-26H/i4D,5D,6D,7D,13D,14D,15D,16D. The lowest BCUT2D eigenvalue weighted by Gasteiger charge is -2.18. The Bertz CT molecular complexity index is 2870. The molecular weight excluding hydrogens is 520 g/mol. The van der Waals surface area contributed by atoms with Crippen molar-refractivity contribution in [3.05, 3.63) is 158 Å². The Morgan fingerprint density at radius 1 is 0.419 bits per heavy atom. The van der Waals surface area contributed by atoms with E-state index in [0.29, 0.717) is 38.8 Å². The fourth-order valence-electron chi connectivity index (χ4n) is 6.38. The second-order valence-corrected chi connectivity index (χ2v) is 10.7. The lowest BCUT2D eigenvalue weighted by atomic mass is 9.84. The van der Waals surface area contributed by atoms with Gasteiger partial charge in [0.25, 0.3) is 0 Å². The van der Waals surface area contributed by atoms with Crippen molar-refractivity contribution < 1.29 is 15.4 Å². The van der Waals surface area contributed by atoms with Gasteiger partial charge in [0.05, 0.1) is 11.0 Å². The lowest BCUT2D eigenvalue weighted by Crippen LogP contribution is -1.91. The van der Waals surface area contributed by atoms with E-state index in [9.17, 15) is 5.48 Å². The van der Waals surface area contributed by atoms with Crippen molar-refractivity contribution in [3.63, 3.8) is 0 Å². The minimum atomic E-state index is -0.434. The van der Waals surface area contributed by atoms with E-state index >= 15 is 0 Å². The van der Waals surface area contributed by atoms with Crippen LogP contribution < -0.4 is 0 Å². The molecule has 0 saturated carbocycles. The molecule has 0 aliphatic heterocycles.